The number of piperidine rings is 1. The van der Waals surface area contributed by atoms with E-state index < -0.39 is 0 Å². The van der Waals surface area contributed by atoms with Crippen molar-refractivity contribution in [3.63, 3.8) is 0 Å². The topological polar surface area (TPSA) is 0 Å². The van der Waals surface area contributed by atoms with Crippen LogP contribution < -0.4 is 24.0 Å². The van der Waals surface area contributed by atoms with Gasteiger partial charge in [0.25, 0.3) is 0 Å². The van der Waals surface area contributed by atoms with Gasteiger partial charge in [0.1, 0.15) is 0 Å². The Hall–Kier alpha value is -0.170. The molecule has 1 nitrogen and oxygen atoms in total. The van der Waals surface area contributed by atoms with Crippen LogP contribution >= 0.6 is 22.7 Å². The zero-order valence-corrected chi connectivity index (χ0v) is 17.5. The number of fused-ring (bicyclic) bond motifs is 2. The summed E-state index contributed by atoms with van der Waals surface area (Å²) in [5, 5.41) is 8.97. The van der Waals surface area contributed by atoms with Crippen LogP contribution in [0.4, 0.5) is 0 Å². The molecule has 0 radical (unpaired) electrons. The smallest absolute Gasteiger partial charge is 0.0896 e. The van der Waals surface area contributed by atoms with Crippen LogP contribution in [-0.4, -0.2) is 30.7 Å². The molecule has 0 spiro atoms. The van der Waals surface area contributed by atoms with E-state index in [-0.39, 0.29) is 24.0 Å². The summed E-state index contributed by atoms with van der Waals surface area (Å²) in [6.07, 6.45) is 8.17. The van der Waals surface area contributed by atoms with Gasteiger partial charge in [-0.2, -0.15) is 22.7 Å². The highest BCUT2D eigenvalue weighted by Crippen LogP contribution is 2.43. The highest BCUT2D eigenvalue weighted by molar-refractivity contribution is 7.08. The molecule has 2 fully saturated rings. The van der Waals surface area contributed by atoms with Gasteiger partial charge in [0.15, 0.2) is 0 Å². The lowest BCUT2D eigenvalue weighted by Crippen LogP contribution is -3.00. The first-order valence-corrected chi connectivity index (χ1v) is 10.1. The van der Waals surface area contributed by atoms with E-state index >= 15 is 0 Å². The van der Waals surface area contributed by atoms with Gasteiger partial charge in [0.2, 0.25) is 0 Å². The molecule has 1 unspecified atom stereocenters. The van der Waals surface area contributed by atoms with Crippen molar-refractivity contribution >= 4 is 28.2 Å². The predicted octanol–water partition coefficient (Wildman–Crippen LogP) is 2.26. The fraction of sp³-hybridized carbons (Fsp3) is 0.474. The summed E-state index contributed by atoms with van der Waals surface area (Å²) in [7, 11) is 4.89. The monoisotopic (exact) mass is 457 g/mol. The lowest BCUT2D eigenvalue weighted by molar-refractivity contribution is -0.931. The van der Waals surface area contributed by atoms with Crippen LogP contribution in [0.3, 0.4) is 0 Å². The van der Waals surface area contributed by atoms with Crippen LogP contribution in [0.1, 0.15) is 36.8 Å². The minimum absolute atomic E-state index is 0. The third kappa shape index (κ3) is 3.32. The zero-order valence-electron chi connectivity index (χ0n) is 13.7. The van der Waals surface area contributed by atoms with E-state index in [4.69, 9.17) is 0 Å². The second kappa shape index (κ2) is 6.98. The van der Waals surface area contributed by atoms with Crippen molar-refractivity contribution in [3.05, 3.63) is 50.9 Å². The molecule has 4 rings (SSSR count). The molecular formula is C19H24INS2. The van der Waals surface area contributed by atoms with Crippen LogP contribution in [-0.2, 0) is 0 Å². The predicted molar refractivity (Wildman–Crippen MR) is 97.4 cm³/mol. The Morgan fingerprint density at radius 3 is 1.96 bits per heavy atom. The van der Waals surface area contributed by atoms with E-state index in [1.165, 1.54) is 46.9 Å². The van der Waals surface area contributed by atoms with Gasteiger partial charge in [0.05, 0.1) is 26.2 Å². The number of hydrogen-bond acceptors (Lipinski definition) is 2. The van der Waals surface area contributed by atoms with Crippen molar-refractivity contribution in [3.8, 4) is 0 Å². The molecule has 0 amide bonds. The van der Waals surface area contributed by atoms with Crippen molar-refractivity contribution in [1.82, 2.24) is 0 Å². The van der Waals surface area contributed by atoms with E-state index in [0.29, 0.717) is 0 Å². The molecule has 4 heterocycles. The fourth-order valence-electron chi connectivity index (χ4n) is 4.49. The average Bonchev–Trinajstić information content (AvgIpc) is 3.19. The van der Waals surface area contributed by atoms with E-state index in [9.17, 15) is 0 Å². The van der Waals surface area contributed by atoms with Crippen molar-refractivity contribution < 1.29 is 28.5 Å². The van der Waals surface area contributed by atoms with Crippen LogP contribution in [0.5, 0.6) is 0 Å². The first kappa shape index (κ1) is 17.6. The maximum atomic E-state index is 2.59. The van der Waals surface area contributed by atoms with Gasteiger partial charge in [0, 0.05) is 25.7 Å². The number of allylic oxidation sites excluding steroid dienone is 1. The number of halogens is 1. The maximum absolute atomic E-state index is 2.59. The molecule has 2 aliphatic rings. The van der Waals surface area contributed by atoms with Crippen molar-refractivity contribution in [2.24, 2.45) is 5.92 Å². The SMILES string of the molecule is C[N+]1(C)[C@@H]2CC[C@H]1CC(C=C(c1ccsc1)c1ccsc1)C2.[I-]. The van der Waals surface area contributed by atoms with Gasteiger partial charge in [-0.1, -0.05) is 6.08 Å². The number of quaternary nitrogens is 1. The van der Waals surface area contributed by atoms with Crippen LogP contribution in [0, 0.1) is 5.92 Å². The summed E-state index contributed by atoms with van der Waals surface area (Å²) < 4.78 is 1.26. The molecule has 124 valence electrons. The Balaban J connectivity index is 0.00000156. The number of rotatable bonds is 3. The second-order valence-electron chi connectivity index (χ2n) is 7.35. The van der Waals surface area contributed by atoms with E-state index in [0.717, 1.165) is 18.0 Å². The molecule has 2 aromatic rings. The van der Waals surface area contributed by atoms with Gasteiger partial charge in [-0.3, -0.25) is 0 Å². The fourth-order valence-corrected chi connectivity index (χ4v) is 5.80. The van der Waals surface area contributed by atoms with E-state index in [1.807, 2.05) is 0 Å². The molecular weight excluding hydrogens is 433 g/mol. The highest BCUT2D eigenvalue weighted by atomic mass is 127. The first-order valence-electron chi connectivity index (χ1n) is 8.25. The molecule has 2 saturated heterocycles. The Morgan fingerprint density at radius 2 is 1.52 bits per heavy atom. The Bertz CT molecular complexity index is 605. The minimum atomic E-state index is 0. The van der Waals surface area contributed by atoms with Crippen molar-refractivity contribution in [1.29, 1.82) is 0 Å². The number of nitrogens with zero attached hydrogens (tertiary/aromatic N) is 1. The normalized spacial score (nSPS) is 28.2. The summed E-state index contributed by atoms with van der Waals surface area (Å²) in [6.45, 7) is 0. The second-order valence-corrected chi connectivity index (χ2v) is 8.91. The lowest BCUT2D eigenvalue weighted by Gasteiger charge is -2.43. The Kier molecular flexibility index (Phi) is 5.36. The molecule has 0 aromatic carbocycles. The highest BCUT2D eigenvalue weighted by Gasteiger charge is 2.48. The van der Waals surface area contributed by atoms with Crippen LogP contribution in [0.2, 0.25) is 0 Å². The van der Waals surface area contributed by atoms with Crippen LogP contribution in [0.25, 0.3) is 5.57 Å². The summed E-state index contributed by atoms with van der Waals surface area (Å²) in [6, 6.07) is 6.27. The van der Waals surface area contributed by atoms with Gasteiger partial charge in [-0.25, -0.2) is 0 Å². The summed E-state index contributed by atoms with van der Waals surface area (Å²) >= 11 is 3.60. The molecule has 23 heavy (non-hydrogen) atoms. The van der Waals surface area contributed by atoms with Gasteiger partial charge >= 0.3 is 0 Å². The molecule has 2 aromatic heterocycles. The standard InChI is InChI=1S/C19H24NS2.HI/c1-20(2)17-3-4-18(20)10-14(9-17)11-19(15-5-7-21-12-15)16-6-8-22-13-16;/h5-8,11-14,17-18H,3-4,9-10H2,1-2H3;1H/q+1;/p-1/t14?,17-,18+;. The van der Waals surface area contributed by atoms with Crippen molar-refractivity contribution in [2.75, 3.05) is 14.1 Å². The lowest BCUT2D eigenvalue weighted by atomic mass is 9.86. The third-order valence-corrected chi connectivity index (χ3v) is 7.30. The molecule has 0 aliphatic carbocycles. The summed E-state index contributed by atoms with van der Waals surface area (Å²) in [5.74, 6) is 0.749. The molecule has 0 N–H and O–H groups in total. The molecule has 0 saturated carbocycles. The zero-order chi connectivity index (χ0) is 15.2. The molecule has 4 heteroatoms. The number of thiophene rings is 2. The molecule has 2 bridgehead atoms. The van der Waals surface area contributed by atoms with Gasteiger partial charge in [-0.15, -0.1) is 0 Å². The van der Waals surface area contributed by atoms with Gasteiger partial charge < -0.3 is 28.5 Å². The van der Waals surface area contributed by atoms with Crippen molar-refractivity contribution in [2.45, 2.75) is 37.8 Å². The third-order valence-electron chi connectivity index (χ3n) is 5.93. The van der Waals surface area contributed by atoms with E-state index in [1.54, 1.807) is 22.7 Å². The largest absolute Gasteiger partial charge is 1.00 e. The van der Waals surface area contributed by atoms with Gasteiger partial charge in [-0.05, 0) is 56.3 Å². The van der Waals surface area contributed by atoms with Crippen LogP contribution in [0.15, 0.2) is 39.7 Å². The average molecular weight is 457 g/mol. The molecule has 2 aliphatic heterocycles. The Labute approximate surface area is 164 Å². The molecule has 3 atom stereocenters. The summed E-state index contributed by atoms with van der Waals surface area (Å²) in [5.41, 5.74) is 4.25. The quantitative estimate of drug-likeness (QED) is 0.490. The number of hydrogen-bond donors (Lipinski definition) is 0. The minimum Gasteiger partial charge on any atom is -1.00 e. The maximum Gasteiger partial charge on any atom is 0.0896 e. The first-order chi connectivity index (χ1) is 10.6. The summed E-state index contributed by atoms with van der Waals surface area (Å²) in [4.78, 5) is 0. The van der Waals surface area contributed by atoms with E-state index in [2.05, 4.69) is 53.8 Å². The Morgan fingerprint density at radius 1 is 1.00 bits per heavy atom.